The van der Waals surface area contributed by atoms with Crippen molar-refractivity contribution in [2.75, 3.05) is 14.2 Å². The molecule has 2 aromatic carbocycles. The Morgan fingerprint density at radius 1 is 0.611 bits per heavy atom. The molecule has 1 saturated carbocycles. The van der Waals surface area contributed by atoms with Crippen molar-refractivity contribution in [1.82, 2.24) is 0 Å². The summed E-state index contributed by atoms with van der Waals surface area (Å²) in [6.07, 6.45) is 0. The molecule has 0 saturated heterocycles. The maximum atomic E-state index is 14.3. The first-order chi connectivity index (χ1) is 17.4. The maximum Gasteiger partial charge on any atom is 0.339 e. The summed E-state index contributed by atoms with van der Waals surface area (Å²) in [6, 6.07) is 17.8. The predicted octanol–water partition coefficient (Wildman–Crippen LogP) is 5.34. The van der Waals surface area contributed by atoms with Crippen LogP contribution in [-0.4, -0.2) is 14.2 Å². The molecule has 1 fully saturated rings. The Morgan fingerprint density at radius 2 is 1.03 bits per heavy atom. The molecule has 8 heteroatoms. The summed E-state index contributed by atoms with van der Waals surface area (Å²) in [5.41, 5.74) is 0.00670. The summed E-state index contributed by atoms with van der Waals surface area (Å²) in [5, 5.41) is 0. The van der Waals surface area contributed by atoms with Crippen molar-refractivity contribution in [2.45, 2.75) is 23.7 Å². The number of halogens is 2. The molecule has 0 aliphatic heterocycles. The molecule has 1 aliphatic rings. The third kappa shape index (κ3) is 4.30. The Hall–Kier alpha value is -4.20. The molecular weight excluding hydrogens is 470 g/mol. The van der Waals surface area contributed by atoms with E-state index in [1.54, 1.807) is 36.4 Å². The molecule has 184 valence electrons. The van der Waals surface area contributed by atoms with Crippen LogP contribution in [0, 0.1) is 11.6 Å². The highest BCUT2D eigenvalue weighted by Crippen LogP contribution is 2.66. The number of rotatable bonds is 6. The lowest BCUT2D eigenvalue weighted by atomic mass is 9.51. The topological polar surface area (TPSA) is 78.9 Å². The highest BCUT2D eigenvalue weighted by Gasteiger charge is 2.55. The second-order valence-corrected chi connectivity index (χ2v) is 8.65. The van der Waals surface area contributed by atoms with Crippen LogP contribution in [0.1, 0.15) is 46.3 Å². The van der Waals surface area contributed by atoms with E-state index in [0.717, 1.165) is 0 Å². The number of hydrogen-bond acceptors (Lipinski definition) is 6. The third-order valence-electron chi connectivity index (χ3n) is 6.67. The van der Waals surface area contributed by atoms with E-state index in [0.29, 0.717) is 22.6 Å². The smallest absolute Gasteiger partial charge is 0.339 e. The van der Waals surface area contributed by atoms with Crippen molar-refractivity contribution >= 4 is 0 Å². The first-order valence-electron chi connectivity index (χ1n) is 11.3. The molecule has 1 aliphatic carbocycles. The minimum atomic E-state index is -0.623. The number of ether oxygens (including phenoxy) is 2. The van der Waals surface area contributed by atoms with E-state index in [1.807, 2.05) is 0 Å². The normalized spacial score (nSPS) is 21.0. The lowest BCUT2D eigenvalue weighted by molar-refractivity contribution is 0.166. The Balaban J connectivity index is 1.76. The van der Waals surface area contributed by atoms with E-state index >= 15 is 0 Å². The van der Waals surface area contributed by atoms with Gasteiger partial charge in [-0.1, -0.05) is 24.3 Å². The van der Waals surface area contributed by atoms with E-state index < -0.39 is 46.6 Å². The molecular formula is C28H22F2O6. The molecule has 4 aromatic rings. The van der Waals surface area contributed by atoms with Crippen LogP contribution in [-0.2, 0) is 0 Å². The van der Waals surface area contributed by atoms with Crippen molar-refractivity contribution in [1.29, 1.82) is 0 Å². The summed E-state index contributed by atoms with van der Waals surface area (Å²) < 4.78 is 50.4. The fraction of sp³-hybridized carbons (Fsp3) is 0.214. The van der Waals surface area contributed by atoms with Crippen LogP contribution in [0.2, 0.25) is 0 Å². The number of methoxy groups -OCH3 is 2. The van der Waals surface area contributed by atoms with Gasteiger partial charge in [0.2, 0.25) is 0 Å². The highest BCUT2D eigenvalue weighted by atomic mass is 19.1. The van der Waals surface area contributed by atoms with Gasteiger partial charge in [0.25, 0.3) is 0 Å². The van der Waals surface area contributed by atoms with Crippen LogP contribution in [0.15, 0.2) is 91.2 Å². The summed E-state index contributed by atoms with van der Waals surface area (Å²) in [6.45, 7) is 0. The molecule has 0 spiro atoms. The summed E-state index contributed by atoms with van der Waals surface area (Å²) >= 11 is 0. The molecule has 0 radical (unpaired) electrons. The van der Waals surface area contributed by atoms with E-state index in [2.05, 4.69) is 0 Å². The third-order valence-corrected chi connectivity index (χ3v) is 6.67. The lowest BCUT2D eigenvalue weighted by Crippen LogP contribution is -2.40. The van der Waals surface area contributed by atoms with Gasteiger partial charge in [-0.05, 0) is 35.4 Å². The summed E-state index contributed by atoms with van der Waals surface area (Å²) in [7, 11) is 2.86. The van der Waals surface area contributed by atoms with Crippen molar-refractivity contribution in [3.05, 3.63) is 128 Å². The molecule has 0 amide bonds. The van der Waals surface area contributed by atoms with E-state index in [9.17, 15) is 18.4 Å². The van der Waals surface area contributed by atoms with Crippen molar-refractivity contribution in [3.8, 4) is 11.5 Å². The van der Waals surface area contributed by atoms with Crippen molar-refractivity contribution < 1.29 is 27.1 Å². The van der Waals surface area contributed by atoms with Crippen molar-refractivity contribution in [3.63, 3.8) is 0 Å². The molecule has 0 N–H and O–H groups in total. The van der Waals surface area contributed by atoms with Crippen LogP contribution in [0.3, 0.4) is 0 Å². The average Bonchev–Trinajstić information content (AvgIpc) is 2.83. The SMILES string of the molecule is COc1cc(C2C(c3cccc(F)c3)C(c3cccc(F)c3)C2c2cc(OC)cc(=O)o2)oc(=O)c1. The van der Waals surface area contributed by atoms with Gasteiger partial charge in [0.15, 0.2) is 0 Å². The summed E-state index contributed by atoms with van der Waals surface area (Å²) in [5.74, 6) is -1.78. The quantitative estimate of drug-likeness (QED) is 0.362. The second kappa shape index (κ2) is 9.45. The number of hydrogen-bond donors (Lipinski definition) is 0. The lowest BCUT2D eigenvalue weighted by Gasteiger charge is -2.51. The van der Waals surface area contributed by atoms with Crippen LogP contribution >= 0.6 is 0 Å². The fourth-order valence-corrected chi connectivity index (χ4v) is 5.22. The van der Waals surface area contributed by atoms with Gasteiger partial charge < -0.3 is 18.3 Å². The van der Waals surface area contributed by atoms with Crippen LogP contribution in [0.25, 0.3) is 0 Å². The molecule has 2 heterocycles. The molecule has 4 unspecified atom stereocenters. The monoisotopic (exact) mass is 492 g/mol. The van der Waals surface area contributed by atoms with Gasteiger partial charge >= 0.3 is 11.3 Å². The largest absolute Gasteiger partial charge is 0.496 e. The van der Waals surface area contributed by atoms with Gasteiger partial charge in [-0.2, -0.15) is 0 Å². The van der Waals surface area contributed by atoms with E-state index in [1.165, 1.54) is 50.6 Å². The zero-order valence-electron chi connectivity index (χ0n) is 19.4. The zero-order chi connectivity index (χ0) is 25.4. The highest BCUT2D eigenvalue weighted by molar-refractivity contribution is 5.46. The Kier molecular flexibility index (Phi) is 6.18. The van der Waals surface area contributed by atoms with Gasteiger partial charge in [0.1, 0.15) is 34.7 Å². The number of benzene rings is 2. The molecule has 5 rings (SSSR count). The van der Waals surface area contributed by atoms with Crippen LogP contribution < -0.4 is 20.7 Å². The van der Waals surface area contributed by atoms with Crippen LogP contribution in [0.5, 0.6) is 11.5 Å². The molecule has 36 heavy (non-hydrogen) atoms. The molecule has 0 bridgehead atoms. The van der Waals surface area contributed by atoms with E-state index in [-0.39, 0.29) is 11.5 Å². The van der Waals surface area contributed by atoms with Gasteiger partial charge in [0, 0.05) is 35.8 Å². The molecule has 4 atom stereocenters. The van der Waals surface area contributed by atoms with Gasteiger partial charge in [-0.3, -0.25) is 0 Å². The zero-order valence-corrected chi connectivity index (χ0v) is 19.4. The van der Waals surface area contributed by atoms with Gasteiger partial charge in [0.05, 0.1) is 26.4 Å². The minimum absolute atomic E-state index is 0.275. The Bertz CT molecular complexity index is 1410. The first-order valence-corrected chi connectivity index (χ1v) is 11.3. The first kappa shape index (κ1) is 23.5. The maximum absolute atomic E-state index is 14.3. The fourth-order valence-electron chi connectivity index (χ4n) is 5.22. The minimum Gasteiger partial charge on any atom is -0.496 e. The Morgan fingerprint density at radius 3 is 1.39 bits per heavy atom. The standard InChI is InChI=1S/C28H22F2O6/c1-33-19-11-21(35-23(31)13-19)27-25(15-5-3-7-17(29)9-15)26(16-6-4-8-18(30)10-16)28(27)22-12-20(34-2)14-24(32)36-22/h3-14,25-28H,1-2H3. The van der Waals surface area contributed by atoms with Gasteiger partial charge in [-0.15, -0.1) is 0 Å². The van der Waals surface area contributed by atoms with E-state index in [4.69, 9.17) is 18.3 Å². The average molecular weight is 492 g/mol. The second-order valence-electron chi connectivity index (χ2n) is 8.65. The van der Waals surface area contributed by atoms with Gasteiger partial charge in [-0.25, -0.2) is 18.4 Å². The van der Waals surface area contributed by atoms with Crippen LogP contribution in [0.4, 0.5) is 8.78 Å². The molecule has 6 nitrogen and oxygen atoms in total. The Labute approximate surface area is 204 Å². The predicted molar refractivity (Wildman–Crippen MR) is 127 cm³/mol. The summed E-state index contributed by atoms with van der Waals surface area (Å²) in [4.78, 5) is 24.7. The molecule has 2 aromatic heterocycles. The van der Waals surface area contributed by atoms with Crippen molar-refractivity contribution in [2.24, 2.45) is 0 Å².